The van der Waals surface area contributed by atoms with Crippen LogP contribution < -0.4 is 4.90 Å². The van der Waals surface area contributed by atoms with E-state index in [1.807, 2.05) is 6.92 Å². The van der Waals surface area contributed by atoms with Gasteiger partial charge in [0.05, 0.1) is 11.3 Å². The second-order valence-electron chi connectivity index (χ2n) is 4.56. The van der Waals surface area contributed by atoms with E-state index in [4.69, 9.17) is 5.26 Å². The first kappa shape index (κ1) is 11.8. The summed E-state index contributed by atoms with van der Waals surface area (Å²) in [6.07, 6.45) is 2.29. The number of hydrogen-bond donors (Lipinski definition) is 0. The average Bonchev–Trinajstić information content (AvgIpc) is 3.15. The Bertz CT molecular complexity index is 475. The van der Waals surface area contributed by atoms with Crippen LogP contribution in [0.3, 0.4) is 0 Å². The van der Waals surface area contributed by atoms with Crippen molar-refractivity contribution in [2.75, 3.05) is 11.9 Å². The summed E-state index contributed by atoms with van der Waals surface area (Å²) in [6.45, 7) is 2.01. The van der Waals surface area contributed by atoms with Gasteiger partial charge in [0.15, 0.2) is 11.6 Å². The molecule has 90 valence electrons. The van der Waals surface area contributed by atoms with Crippen LogP contribution >= 0.6 is 0 Å². The first-order valence-corrected chi connectivity index (χ1v) is 5.67. The lowest BCUT2D eigenvalue weighted by Crippen LogP contribution is -2.31. The van der Waals surface area contributed by atoms with E-state index in [-0.39, 0.29) is 17.3 Å². The molecule has 2 rings (SSSR count). The Morgan fingerprint density at radius 1 is 1.35 bits per heavy atom. The predicted molar refractivity (Wildman–Crippen MR) is 61.7 cm³/mol. The Hall–Kier alpha value is -1.63. The monoisotopic (exact) mass is 236 g/mol. The molecule has 0 aliphatic heterocycles. The van der Waals surface area contributed by atoms with Crippen LogP contribution in [-0.2, 0) is 0 Å². The number of anilines is 1. The topological polar surface area (TPSA) is 27.0 Å². The Labute approximate surface area is 99.5 Å². The molecule has 1 saturated carbocycles. The van der Waals surface area contributed by atoms with Crippen molar-refractivity contribution in [3.8, 4) is 6.07 Å². The third-order valence-electron chi connectivity index (χ3n) is 3.48. The van der Waals surface area contributed by atoms with Crippen molar-refractivity contribution in [1.82, 2.24) is 0 Å². The zero-order chi connectivity index (χ0) is 12.6. The van der Waals surface area contributed by atoms with Crippen molar-refractivity contribution < 1.29 is 8.78 Å². The van der Waals surface area contributed by atoms with Crippen molar-refractivity contribution >= 4 is 5.69 Å². The molecule has 0 saturated heterocycles. The molecule has 1 fully saturated rings. The fraction of sp³-hybridized carbons (Fsp3) is 0.462. The SMILES string of the molecule is CC(C1CC1)N(C)c1ccc(C#N)c(F)c1F. The van der Waals surface area contributed by atoms with Crippen LogP contribution in [0, 0.1) is 28.9 Å². The molecule has 17 heavy (non-hydrogen) atoms. The molecular formula is C13H14F2N2. The Morgan fingerprint density at radius 3 is 2.53 bits per heavy atom. The van der Waals surface area contributed by atoms with Crippen LogP contribution in [0.1, 0.15) is 25.3 Å². The van der Waals surface area contributed by atoms with Crippen molar-refractivity contribution in [1.29, 1.82) is 5.26 Å². The van der Waals surface area contributed by atoms with E-state index in [1.165, 1.54) is 12.1 Å². The summed E-state index contributed by atoms with van der Waals surface area (Å²) >= 11 is 0. The lowest BCUT2D eigenvalue weighted by molar-refractivity contribution is 0.498. The molecule has 1 aliphatic rings. The van der Waals surface area contributed by atoms with Crippen LogP contribution in [0.15, 0.2) is 12.1 Å². The van der Waals surface area contributed by atoms with Crippen LogP contribution in [0.2, 0.25) is 0 Å². The highest BCUT2D eigenvalue weighted by Gasteiger charge is 2.32. The highest BCUT2D eigenvalue weighted by atomic mass is 19.2. The number of rotatable bonds is 3. The zero-order valence-electron chi connectivity index (χ0n) is 9.87. The van der Waals surface area contributed by atoms with Crippen LogP contribution in [0.4, 0.5) is 14.5 Å². The van der Waals surface area contributed by atoms with Gasteiger partial charge in [-0.05, 0) is 37.8 Å². The quantitative estimate of drug-likeness (QED) is 0.806. The molecule has 4 heteroatoms. The van der Waals surface area contributed by atoms with Gasteiger partial charge in [-0.1, -0.05) is 0 Å². The van der Waals surface area contributed by atoms with Gasteiger partial charge in [0.25, 0.3) is 0 Å². The molecule has 0 amide bonds. The van der Waals surface area contributed by atoms with Gasteiger partial charge in [0, 0.05) is 13.1 Å². The summed E-state index contributed by atoms with van der Waals surface area (Å²) in [5.41, 5.74) is -0.0281. The van der Waals surface area contributed by atoms with Gasteiger partial charge in [-0.15, -0.1) is 0 Å². The largest absolute Gasteiger partial charge is 0.369 e. The molecule has 1 aliphatic carbocycles. The highest BCUT2D eigenvalue weighted by molar-refractivity contribution is 5.52. The first-order chi connectivity index (χ1) is 8.06. The van der Waals surface area contributed by atoms with Crippen molar-refractivity contribution in [3.05, 3.63) is 29.3 Å². The van der Waals surface area contributed by atoms with E-state index >= 15 is 0 Å². The van der Waals surface area contributed by atoms with E-state index in [9.17, 15) is 8.78 Å². The normalized spacial score (nSPS) is 16.4. The van der Waals surface area contributed by atoms with Gasteiger partial charge in [-0.3, -0.25) is 0 Å². The third kappa shape index (κ3) is 2.10. The van der Waals surface area contributed by atoms with E-state index < -0.39 is 11.6 Å². The Morgan fingerprint density at radius 2 is 2.00 bits per heavy atom. The van der Waals surface area contributed by atoms with Crippen molar-refractivity contribution in [2.24, 2.45) is 5.92 Å². The highest BCUT2D eigenvalue weighted by Crippen LogP contribution is 2.37. The molecule has 0 N–H and O–H groups in total. The Kier molecular flexibility index (Phi) is 3.01. The number of benzene rings is 1. The average molecular weight is 236 g/mol. The number of nitrogens with zero attached hydrogens (tertiary/aromatic N) is 2. The Balaban J connectivity index is 2.32. The zero-order valence-corrected chi connectivity index (χ0v) is 9.87. The molecule has 1 aromatic rings. The van der Waals surface area contributed by atoms with Crippen LogP contribution in [0.25, 0.3) is 0 Å². The van der Waals surface area contributed by atoms with E-state index in [2.05, 4.69) is 0 Å². The van der Waals surface area contributed by atoms with Crippen LogP contribution in [0.5, 0.6) is 0 Å². The molecule has 1 unspecified atom stereocenters. The maximum atomic E-state index is 13.8. The number of halogens is 2. The van der Waals surface area contributed by atoms with E-state index in [0.717, 1.165) is 12.8 Å². The summed E-state index contributed by atoms with van der Waals surface area (Å²) in [7, 11) is 1.76. The molecule has 0 aromatic heterocycles. The van der Waals surface area contributed by atoms with E-state index in [1.54, 1.807) is 18.0 Å². The summed E-state index contributed by atoms with van der Waals surface area (Å²) in [4.78, 5) is 1.75. The fourth-order valence-corrected chi connectivity index (χ4v) is 2.01. The van der Waals surface area contributed by atoms with Crippen LogP contribution in [-0.4, -0.2) is 13.1 Å². The first-order valence-electron chi connectivity index (χ1n) is 5.67. The van der Waals surface area contributed by atoms with Gasteiger partial charge in [0.1, 0.15) is 6.07 Å². The van der Waals surface area contributed by atoms with E-state index in [0.29, 0.717) is 5.92 Å². The molecule has 0 radical (unpaired) electrons. The maximum absolute atomic E-state index is 13.8. The minimum absolute atomic E-state index is 0.192. The molecule has 0 spiro atoms. The summed E-state index contributed by atoms with van der Waals surface area (Å²) in [5, 5.41) is 8.61. The minimum Gasteiger partial charge on any atom is -0.369 e. The van der Waals surface area contributed by atoms with Crippen molar-refractivity contribution in [3.63, 3.8) is 0 Å². The minimum atomic E-state index is -1.06. The number of hydrogen-bond acceptors (Lipinski definition) is 2. The summed E-state index contributed by atoms with van der Waals surface area (Å²) < 4.78 is 27.3. The van der Waals surface area contributed by atoms with Gasteiger partial charge < -0.3 is 4.90 Å². The molecule has 0 bridgehead atoms. The predicted octanol–water partition coefficient (Wildman–Crippen LogP) is 3.07. The fourth-order valence-electron chi connectivity index (χ4n) is 2.01. The summed E-state index contributed by atoms with van der Waals surface area (Å²) in [5.74, 6) is -1.42. The molecule has 2 nitrogen and oxygen atoms in total. The summed E-state index contributed by atoms with van der Waals surface area (Å²) in [6, 6.07) is 4.62. The standard InChI is InChI=1S/C13H14F2N2/c1-8(9-3-4-9)17(2)11-6-5-10(7-16)12(14)13(11)15/h5-6,8-9H,3-4H2,1-2H3. The lowest BCUT2D eigenvalue weighted by Gasteiger charge is -2.27. The van der Waals surface area contributed by atoms with Gasteiger partial charge in [-0.25, -0.2) is 8.78 Å². The molecular weight excluding hydrogens is 222 g/mol. The molecule has 1 atom stereocenters. The smallest absolute Gasteiger partial charge is 0.183 e. The second kappa shape index (κ2) is 4.33. The van der Waals surface area contributed by atoms with Gasteiger partial charge in [0.2, 0.25) is 0 Å². The second-order valence-corrected chi connectivity index (χ2v) is 4.56. The lowest BCUT2D eigenvalue weighted by atomic mass is 10.1. The molecule has 1 aromatic carbocycles. The number of nitriles is 1. The van der Waals surface area contributed by atoms with Crippen molar-refractivity contribution in [2.45, 2.75) is 25.8 Å². The maximum Gasteiger partial charge on any atom is 0.183 e. The van der Waals surface area contributed by atoms with Gasteiger partial charge in [-0.2, -0.15) is 5.26 Å². The van der Waals surface area contributed by atoms with Gasteiger partial charge >= 0.3 is 0 Å². The third-order valence-corrected chi connectivity index (χ3v) is 3.48. The molecule has 0 heterocycles.